The van der Waals surface area contributed by atoms with Crippen molar-refractivity contribution in [3.05, 3.63) is 83.9 Å². The Morgan fingerprint density at radius 1 is 1.06 bits per heavy atom. The summed E-state index contributed by atoms with van der Waals surface area (Å²) in [5, 5.41) is 9.70. The topological polar surface area (TPSA) is 85.7 Å². The maximum Gasteiger partial charge on any atom is 0.298 e. The SMILES string of the molecule is Nc1nccn2c(C34COC(CO)(C3)C4)nc(-c3ccc(C(F)(F)c4ccccc4)cc3)c12. The molecule has 0 radical (unpaired) electrons. The average molecular weight is 448 g/mol. The molecule has 168 valence electrons. The van der Waals surface area contributed by atoms with Gasteiger partial charge in [0.25, 0.3) is 5.92 Å². The van der Waals surface area contributed by atoms with E-state index in [9.17, 15) is 13.9 Å². The van der Waals surface area contributed by atoms with Crippen LogP contribution in [-0.2, 0) is 16.1 Å². The van der Waals surface area contributed by atoms with Crippen LogP contribution in [0.2, 0.25) is 0 Å². The van der Waals surface area contributed by atoms with E-state index in [1.54, 1.807) is 36.5 Å². The lowest BCUT2D eigenvalue weighted by atomic mass is 9.62. The van der Waals surface area contributed by atoms with E-state index in [4.69, 9.17) is 15.5 Å². The van der Waals surface area contributed by atoms with Crippen LogP contribution in [-0.4, -0.2) is 38.3 Å². The molecule has 2 bridgehead atoms. The number of nitrogen functional groups attached to an aromatic ring is 1. The largest absolute Gasteiger partial charge is 0.393 e. The minimum absolute atomic E-state index is 0.0221. The third-order valence-corrected chi connectivity index (χ3v) is 6.98. The first-order valence-corrected chi connectivity index (χ1v) is 10.8. The van der Waals surface area contributed by atoms with Crippen molar-refractivity contribution in [3.63, 3.8) is 0 Å². The maximum atomic E-state index is 15.0. The number of alkyl halides is 2. The summed E-state index contributed by atoms with van der Waals surface area (Å²) in [5.74, 6) is -2.00. The molecule has 3 fully saturated rings. The summed E-state index contributed by atoms with van der Waals surface area (Å²) < 4.78 is 37.8. The first-order chi connectivity index (χ1) is 15.9. The lowest BCUT2D eigenvalue weighted by Crippen LogP contribution is -2.50. The number of aromatic nitrogens is 3. The molecule has 0 spiro atoms. The number of fused-ring (bicyclic) bond motifs is 2. The van der Waals surface area contributed by atoms with Crippen molar-refractivity contribution in [1.29, 1.82) is 0 Å². The molecule has 4 aromatic rings. The van der Waals surface area contributed by atoms with E-state index in [-0.39, 0.29) is 23.1 Å². The van der Waals surface area contributed by atoms with E-state index >= 15 is 0 Å². The molecule has 1 aliphatic carbocycles. The fourth-order valence-corrected chi connectivity index (χ4v) is 5.35. The molecule has 1 saturated carbocycles. The Morgan fingerprint density at radius 2 is 1.76 bits per heavy atom. The van der Waals surface area contributed by atoms with Gasteiger partial charge < -0.3 is 15.6 Å². The van der Waals surface area contributed by atoms with Gasteiger partial charge in [-0.25, -0.2) is 9.97 Å². The highest BCUT2D eigenvalue weighted by Crippen LogP contribution is 2.58. The van der Waals surface area contributed by atoms with Gasteiger partial charge in [0, 0.05) is 29.1 Å². The molecule has 0 unspecified atom stereocenters. The van der Waals surface area contributed by atoms with Crippen molar-refractivity contribution in [2.24, 2.45) is 0 Å². The Balaban J connectivity index is 1.43. The number of rotatable bonds is 5. The van der Waals surface area contributed by atoms with E-state index in [1.807, 2.05) is 10.6 Å². The molecule has 0 amide bonds. The van der Waals surface area contributed by atoms with E-state index < -0.39 is 11.5 Å². The molecule has 7 rings (SSSR count). The van der Waals surface area contributed by atoms with Crippen LogP contribution in [0.4, 0.5) is 14.6 Å². The van der Waals surface area contributed by atoms with Gasteiger partial charge in [-0.2, -0.15) is 8.78 Å². The van der Waals surface area contributed by atoms with Gasteiger partial charge in [-0.1, -0.05) is 54.6 Å². The highest BCUT2D eigenvalue weighted by Gasteiger charge is 2.64. The van der Waals surface area contributed by atoms with Gasteiger partial charge in [-0.05, 0) is 12.8 Å². The summed E-state index contributed by atoms with van der Waals surface area (Å²) in [4.78, 5) is 9.14. The number of hydrogen-bond acceptors (Lipinski definition) is 5. The molecule has 0 atom stereocenters. The third-order valence-electron chi connectivity index (χ3n) is 6.98. The highest BCUT2D eigenvalue weighted by molar-refractivity contribution is 5.85. The number of anilines is 1. The summed E-state index contributed by atoms with van der Waals surface area (Å²) in [6, 6.07) is 13.9. The Kier molecular flexibility index (Phi) is 4.19. The predicted molar refractivity (Wildman–Crippen MR) is 119 cm³/mol. The Morgan fingerprint density at radius 3 is 2.42 bits per heavy atom. The molecule has 2 aromatic heterocycles. The van der Waals surface area contributed by atoms with Gasteiger partial charge in [0.2, 0.25) is 0 Å². The summed E-state index contributed by atoms with van der Waals surface area (Å²) in [5.41, 5.74) is 7.18. The van der Waals surface area contributed by atoms with Gasteiger partial charge in [-0.15, -0.1) is 0 Å². The van der Waals surface area contributed by atoms with Crippen LogP contribution in [0.5, 0.6) is 0 Å². The summed E-state index contributed by atoms with van der Waals surface area (Å²) in [7, 11) is 0. The van der Waals surface area contributed by atoms with Crippen LogP contribution in [0.25, 0.3) is 16.8 Å². The minimum Gasteiger partial charge on any atom is -0.393 e. The molecule has 2 saturated heterocycles. The molecular weight excluding hydrogens is 426 g/mol. The summed E-state index contributed by atoms with van der Waals surface area (Å²) in [6.07, 6.45) is 4.78. The van der Waals surface area contributed by atoms with Crippen LogP contribution in [0, 0.1) is 0 Å². The maximum absolute atomic E-state index is 15.0. The van der Waals surface area contributed by atoms with Crippen molar-refractivity contribution in [3.8, 4) is 11.3 Å². The number of nitrogens with two attached hydrogens (primary N) is 1. The summed E-state index contributed by atoms with van der Waals surface area (Å²) in [6.45, 7) is 0.447. The molecule has 8 heteroatoms. The van der Waals surface area contributed by atoms with E-state index in [0.29, 0.717) is 42.0 Å². The van der Waals surface area contributed by atoms with Crippen LogP contribution in [0.15, 0.2) is 67.0 Å². The standard InChI is InChI=1S/C25H22F2N4O2/c26-25(27,17-4-2-1-3-5-17)18-8-6-16(7-9-18)19-20-21(28)29-10-11-31(20)22(30-19)23-12-24(13-23,14-32)33-15-23/h1-11,32H,12-15H2,(H2,28,29). The van der Waals surface area contributed by atoms with Crippen molar-refractivity contribution in [1.82, 2.24) is 14.4 Å². The van der Waals surface area contributed by atoms with Crippen molar-refractivity contribution < 1.29 is 18.6 Å². The predicted octanol–water partition coefficient (Wildman–Crippen LogP) is 3.91. The second kappa shape index (κ2) is 6.82. The lowest BCUT2D eigenvalue weighted by molar-refractivity contribution is -0.0486. The van der Waals surface area contributed by atoms with Gasteiger partial charge >= 0.3 is 0 Å². The number of nitrogens with zero attached hydrogens (tertiary/aromatic N) is 3. The van der Waals surface area contributed by atoms with Crippen LogP contribution < -0.4 is 5.73 Å². The smallest absolute Gasteiger partial charge is 0.298 e. The van der Waals surface area contributed by atoms with Gasteiger partial charge in [0.05, 0.1) is 24.2 Å². The number of imidazole rings is 1. The molecule has 33 heavy (non-hydrogen) atoms. The quantitative estimate of drug-likeness (QED) is 0.484. The summed E-state index contributed by atoms with van der Waals surface area (Å²) >= 11 is 0. The van der Waals surface area contributed by atoms with E-state index in [1.165, 1.54) is 24.3 Å². The Bertz CT molecular complexity index is 1350. The monoisotopic (exact) mass is 448 g/mol. The molecule has 4 heterocycles. The van der Waals surface area contributed by atoms with Crippen LogP contribution in [0.1, 0.15) is 29.8 Å². The number of aliphatic hydroxyl groups excluding tert-OH is 1. The Labute approximate surface area is 188 Å². The van der Waals surface area contributed by atoms with Crippen molar-refractivity contribution in [2.75, 3.05) is 18.9 Å². The van der Waals surface area contributed by atoms with E-state index in [0.717, 1.165) is 5.82 Å². The zero-order valence-electron chi connectivity index (χ0n) is 17.7. The number of hydrogen-bond donors (Lipinski definition) is 2. The number of ether oxygens (including phenoxy) is 1. The molecular formula is C25H22F2N4O2. The fraction of sp³-hybridized carbons (Fsp3) is 0.280. The number of halogens is 2. The van der Waals surface area contributed by atoms with Crippen LogP contribution >= 0.6 is 0 Å². The minimum atomic E-state index is -3.11. The van der Waals surface area contributed by atoms with Gasteiger partial charge in [-0.3, -0.25) is 4.40 Å². The lowest BCUT2D eigenvalue weighted by Gasteiger charge is -2.42. The molecule has 3 aliphatic rings. The first kappa shape index (κ1) is 20.3. The normalized spacial score (nSPS) is 24.2. The van der Waals surface area contributed by atoms with Crippen molar-refractivity contribution >= 4 is 11.3 Å². The molecule has 6 nitrogen and oxygen atoms in total. The van der Waals surface area contributed by atoms with Gasteiger partial charge in [0.1, 0.15) is 22.9 Å². The molecule has 2 aliphatic heterocycles. The van der Waals surface area contributed by atoms with Gasteiger partial charge in [0.15, 0.2) is 0 Å². The fourth-order valence-electron chi connectivity index (χ4n) is 5.35. The van der Waals surface area contributed by atoms with Crippen molar-refractivity contribution in [2.45, 2.75) is 29.8 Å². The second-order valence-electron chi connectivity index (χ2n) is 9.10. The zero-order chi connectivity index (χ0) is 22.8. The first-order valence-electron chi connectivity index (χ1n) is 10.8. The average Bonchev–Trinajstić information content (AvgIpc) is 3.50. The number of aliphatic hydroxyl groups is 1. The highest BCUT2D eigenvalue weighted by atomic mass is 19.3. The third kappa shape index (κ3) is 2.84. The molecule has 3 N–H and O–H groups in total. The molecule has 2 aromatic carbocycles. The second-order valence-corrected chi connectivity index (χ2v) is 9.10. The Hall–Kier alpha value is -3.36. The van der Waals surface area contributed by atoms with E-state index in [2.05, 4.69) is 4.98 Å². The van der Waals surface area contributed by atoms with Crippen LogP contribution in [0.3, 0.4) is 0 Å². The zero-order valence-corrected chi connectivity index (χ0v) is 17.7. The number of benzene rings is 2.